The highest BCUT2D eigenvalue weighted by Crippen LogP contribution is 2.66. The van der Waals surface area contributed by atoms with E-state index in [1.165, 1.54) is 18.4 Å². The van der Waals surface area contributed by atoms with E-state index in [2.05, 4.69) is 25.2 Å². The molecule has 0 aromatic carbocycles. The van der Waals surface area contributed by atoms with Crippen LogP contribution in [0.5, 0.6) is 0 Å². The molecule has 0 bridgehead atoms. The molecule has 0 aromatic rings. The number of nitrogens with one attached hydrogen (secondary N) is 1. The summed E-state index contributed by atoms with van der Waals surface area (Å²) in [5.41, 5.74) is 1.36. The third-order valence-electron chi connectivity index (χ3n) is 8.87. The van der Waals surface area contributed by atoms with E-state index in [4.69, 9.17) is 0 Å². The topological polar surface area (TPSA) is 52.5 Å². The molecular weight excluding hydrogens is 298 g/mol. The van der Waals surface area contributed by atoms with Crippen molar-refractivity contribution in [1.29, 1.82) is 0 Å². The zero-order chi connectivity index (χ0) is 17.2. The summed E-state index contributed by atoms with van der Waals surface area (Å²) in [6.07, 6.45) is 11.0. The Labute approximate surface area is 146 Å². The van der Waals surface area contributed by atoms with Crippen LogP contribution in [0.3, 0.4) is 0 Å². The number of hydrogen-bond acceptors (Lipinski definition) is 3. The lowest BCUT2D eigenvalue weighted by molar-refractivity contribution is -0.122. The molecule has 4 aliphatic rings. The summed E-state index contributed by atoms with van der Waals surface area (Å²) >= 11 is 0. The summed E-state index contributed by atoms with van der Waals surface area (Å²) in [4.78, 5) is 0. The molecule has 7 atom stereocenters. The molecule has 0 aromatic heterocycles. The fraction of sp³-hybridized carbons (Fsp3) is 0.905. The molecule has 0 saturated heterocycles. The smallest absolute Gasteiger partial charge is 0.0827 e. The van der Waals surface area contributed by atoms with Crippen LogP contribution < -0.4 is 5.32 Å². The van der Waals surface area contributed by atoms with E-state index < -0.39 is 5.60 Å². The van der Waals surface area contributed by atoms with Crippen LogP contribution in [0.2, 0.25) is 0 Å². The van der Waals surface area contributed by atoms with Gasteiger partial charge in [0, 0.05) is 12.0 Å². The summed E-state index contributed by atoms with van der Waals surface area (Å²) in [5, 5.41) is 24.7. The van der Waals surface area contributed by atoms with Crippen LogP contribution in [-0.4, -0.2) is 35.5 Å². The fourth-order valence-corrected chi connectivity index (χ4v) is 7.33. The first-order valence-corrected chi connectivity index (χ1v) is 10.1. The normalized spacial score (nSPS) is 53.8. The molecule has 136 valence electrons. The number of aliphatic hydroxyl groups excluding tert-OH is 1. The lowest BCUT2D eigenvalue weighted by Gasteiger charge is -2.59. The Morgan fingerprint density at radius 1 is 1.12 bits per heavy atom. The number of allylic oxidation sites excluding steroid dienone is 1. The molecule has 0 heterocycles. The number of rotatable bonds is 2. The average Bonchev–Trinajstić information content (AvgIpc) is 2.80. The minimum Gasteiger partial charge on any atom is -0.393 e. The molecule has 4 rings (SSSR count). The van der Waals surface area contributed by atoms with E-state index >= 15 is 0 Å². The molecule has 3 fully saturated rings. The van der Waals surface area contributed by atoms with Crippen molar-refractivity contribution in [2.24, 2.45) is 28.6 Å². The Balaban J connectivity index is 1.65. The molecule has 0 amide bonds. The summed E-state index contributed by atoms with van der Waals surface area (Å²) in [6, 6.07) is 0. The molecule has 3 nitrogen and oxygen atoms in total. The van der Waals surface area contributed by atoms with Crippen LogP contribution in [0.1, 0.15) is 65.2 Å². The third kappa shape index (κ3) is 2.13. The van der Waals surface area contributed by atoms with Crippen LogP contribution >= 0.6 is 0 Å². The predicted molar refractivity (Wildman–Crippen MR) is 96.6 cm³/mol. The maximum Gasteiger partial charge on any atom is 0.0827 e. The van der Waals surface area contributed by atoms with Crippen LogP contribution in [0.4, 0.5) is 0 Å². The van der Waals surface area contributed by atoms with Gasteiger partial charge >= 0.3 is 0 Å². The zero-order valence-electron chi connectivity index (χ0n) is 15.6. The second-order valence-corrected chi connectivity index (χ2v) is 9.71. The van der Waals surface area contributed by atoms with Gasteiger partial charge in [-0.3, -0.25) is 0 Å². The highest BCUT2D eigenvalue weighted by atomic mass is 16.3. The molecular formula is C21H35NO2. The Morgan fingerprint density at radius 3 is 2.62 bits per heavy atom. The summed E-state index contributed by atoms with van der Waals surface area (Å²) in [6.45, 7) is 5.56. The lowest BCUT2D eigenvalue weighted by Crippen LogP contribution is -2.57. The first kappa shape index (κ1) is 17.1. The summed E-state index contributed by atoms with van der Waals surface area (Å²) < 4.78 is 0. The molecule has 0 aliphatic heterocycles. The number of fused-ring (bicyclic) bond motifs is 5. The summed E-state index contributed by atoms with van der Waals surface area (Å²) in [5.74, 6) is 2.12. The van der Waals surface area contributed by atoms with Crippen LogP contribution in [0.15, 0.2) is 11.6 Å². The predicted octanol–water partition coefficient (Wildman–Crippen LogP) is 3.26. The van der Waals surface area contributed by atoms with Gasteiger partial charge in [0.25, 0.3) is 0 Å². The van der Waals surface area contributed by atoms with E-state index in [1.54, 1.807) is 0 Å². The van der Waals surface area contributed by atoms with Crippen molar-refractivity contribution in [2.75, 3.05) is 13.6 Å². The van der Waals surface area contributed by atoms with Gasteiger partial charge in [-0.05, 0) is 81.6 Å². The SMILES string of the molecule is CNCC1(O)CC[C@H]2[C@@H]3CC=C4CC(O)CC[C@]4(C)[C@@H]3CC[C@@]21C. The minimum absolute atomic E-state index is 0.0626. The van der Waals surface area contributed by atoms with E-state index in [0.29, 0.717) is 11.3 Å². The van der Waals surface area contributed by atoms with E-state index in [1.807, 2.05) is 7.05 Å². The second kappa shape index (κ2) is 5.56. The first-order chi connectivity index (χ1) is 11.3. The van der Waals surface area contributed by atoms with Gasteiger partial charge in [0.2, 0.25) is 0 Å². The Morgan fingerprint density at radius 2 is 1.88 bits per heavy atom. The van der Waals surface area contributed by atoms with Gasteiger partial charge < -0.3 is 15.5 Å². The van der Waals surface area contributed by atoms with Crippen molar-refractivity contribution in [3.63, 3.8) is 0 Å². The molecule has 0 spiro atoms. The highest BCUT2D eigenvalue weighted by molar-refractivity contribution is 5.26. The standard InChI is InChI=1S/C21H35NO2/c1-19-9-6-15(23)12-14(19)4-5-16-17(19)7-10-20(2)18(16)8-11-21(20,24)13-22-3/h4,15-18,22-24H,5-13H2,1-3H3/t15?,16-,17-,18+,19+,20+,21?/m1/s1. The molecule has 3 N–H and O–H groups in total. The highest BCUT2D eigenvalue weighted by Gasteiger charge is 2.63. The van der Waals surface area contributed by atoms with E-state index in [0.717, 1.165) is 56.9 Å². The Bertz CT molecular complexity index is 546. The van der Waals surface area contributed by atoms with Gasteiger partial charge in [0.15, 0.2) is 0 Å². The van der Waals surface area contributed by atoms with Crippen LogP contribution in [0.25, 0.3) is 0 Å². The van der Waals surface area contributed by atoms with Gasteiger partial charge in [0.1, 0.15) is 0 Å². The van der Waals surface area contributed by atoms with Crippen LogP contribution in [0, 0.1) is 28.6 Å². The maximum atomic E-state index is 11.4. The fourth-order valence-electron chi connectivity index (χ4n) is 7.33. The third-order valence-corrected chi connectivity index (χ3v) is 8.87. The average molecular weight is 334 g/mol. The molecule has 0 radical (unpaired) electrons. The lowest BCUT2D eigenvalue weighted by atomic mass is 9.47. The van der Waals surface area contributed by atoms with Crippen molar-refractivity contribution < 1.29 is 10.2 Å². The molecule has 2 unspecified atom stereocenters. The second-order valence-electron chi connectivity index (χ2n) is 9.71. The quantitative estimate of drug-likeness (QED) is 0.680. The molecule has 3 heteroatoms. The van der Waals surface area contributed by atoms with Crippen molar-refractivity contribution in [3.05, 3.63) is 11.6 Å². The number of hydrogen-bond donors (Lipinski definition) is 3. The van der Waals surface area contributed by atoms with Crippen LogP contribution in [-0.2, 0) is 0 Å². The molecule has 24 heavy (non-hydrogen) atoms. The van der Waals surface area contributed by atoms with Crippen molar-refractivity contribution >= 4 is 0 Å². The monoisotopic (exact) mass is 333 g/mol. The van der Waals surface area contributed by atoms with Gasteiger partial charge in [-0.15, -0.1) is 0 Å². The first-order valence-electron chi connectivity index (χ1n) is 10.1. The van der Waals surface area contributed by atoms with Crippen molar-refractivity contribution in [3.8, 4) is 0 Å². The molecule has 4 aliphatic carbocycles. The summed E-state index contributed by atoms with van der Waals surface area (Å²) in [7, 11) is 1.96. The van der Waals surface area contributed by atoms with Crippen molar-refractivity contribution in [1.82, 2.24) is 5.32 Å². The van der Waals surface area contributed by atoms with E-state index in [-0.39, 0.29) is 11.5 Å². The Hall–Kier alpha value is -0.380. The number of likely N-dealkylation sites (N-methyl/N-ethyl adjacent to an activating group) is 1. The minimum atomic E-state index is -0.537. The van der Waals surface area contributed by atoms with E-state index in [9.17, 15) is 10.2 Å². The maximum absolute atomic E-state index is 11.4. The van der Waals surface area contributed by atoms with Gasteiger partial charge in [-0.25, -0.2) is 0 Å². The van der Waals surface area contributed by atoms with Gasteiger partial charge in [-0.2, -0.15) is 0 Å². The van der Waals surface area contributed by atoms with Gasteiger partial charge in [0.05, 0.1) is 11.7 Å². The van der Waals surface area contributed by atoms with Gasteiger partial charge in [-0.1, -0.05) is 25.5 Å². The zero-order valence-corrected chi connectivity index (χ0v) is 15.6. The number of aliphatic hydroxyl groups is 2. The largest absolute Gasteiger partial charge is 0.393 e. The van der Waals surface area contributed by atoms with Crippen molar-refractivity contribution in [2.45, 2.75) is 76.9 Å². The Kier molecular flexibility index (Phi) is 3.95. The molecule has 3 saturated carbocycles.